The molecule has 0 radical (unpaired) electrons. The van der Waals surface area contributed by atoms with E-state index in [0.717, 1.165) is 29.5 Å². The molecule has 1 aromatic heterocycles. The zero-order chi connectivity index (χ0) is 17.0. The Morgan fingerprint density at radius 2 is 2.21 bits per heavy atom. The molecule has 2 heterocycles. The highest BCUT2D eigenvalue weighted by molar-refractivity contribution is 6.05. The van der Waals surface area contributed by atoms with E-state index < -0.39 is 0 Å². The first-order chi connectivity index (χ1) is 11.5. The monoisotopic (exact) mass is 328 g/mol. The first-order valence-corrected chi connectivity index (χ1v) is 8.49. The van der Waals surface area contributed by atoms with Crippen molar-refractivity contribution in [3.63, 3.8) is 0 Å². The van der Waals surface area contributed by atoms with Gasteiger partial charge in [0.2, 0.25) is 0 Å². The summed E-state index contributed by atoms with van der Waals surface area (Å²) in [6, 6.07) is 6.45. The highest BCUT2D eigenvalue weighted by Gasteiger charge is 2.55. The molecule has 1 saturated heterocycles. The van der Waals surface area contributed by atoms with E-state index in [9.17, 15) is 4.79 Å². The normalized spacial score (nSPS) is 28.9. The van der Waals surface area contributed by atoms with E-state index >= 15 is 0 Å². The Kier molecular flexibility index (Phi) is 3.62. The molecule has 2 aliphatic rings. The standard InChI is InChI=1S/C18H24N4O2/c1-10-5-6-13-12(9-10)15(20-22(13)4)18(23)19-14-11-7-8-24-17(11)16(14)21(2)3/h5-6,9,11,14,16-17H,7-8H2,1-4H3,(H,19,23)/t11-,14+,16-,17-/m1/s1. The third kappa shape index (κ3) is 2.24. The lowest BCUT2D eigenvalue weighted by Gasteiger charge is -2.50. The molecule has 2 fully saturated rings. The Hall–Kier alpha value is -1.92. The van der Waals surface area contributed by atoms with Gasteiger partial charge in [-0.3, -0.25) is 9.48 Å². The van der Waals surface area contributed by atoms with Crippen LogP contribution >= 0.6 is 0 Å². The average molecular weight is 328 g/mol. The topological polar surface area (TPSA) is 59.4 Å². The number of aryl methyl sites for hydroxylation is 2. The van der Waals surface area contributed by atoms with Gasteiger partial charge in [0, 0.05) is 25.0 Å². The molecule has 6 nitrogen and oxygen atoms in total. The van der Waals surface area contributed by atoms with Gasteiger partial charge < -0.3 is 15.0 Å². The van der Waals surface area contributed by atoms with E-state index in [1.807, 2.05) is 46.3 Å². The van der Waals surface area contributed by atoms with Crippen LogP contribution in [0.1, 0.15) is 22.5 Å². The van der Waals surface area contributed by atoms with Crippen molar-refractivity contribution < 1.29 is 9.53 Å². The molecule has 1 aliphatic heterocycles. The van der Waals surface area contributed by atoms with Crippen molar-refractivity contribution in [1.29, 1.82) is 0 Å². The zero-order valence-corrected chi connectivity index (χ0v) is 14.6. The van der Waals surface area contributed by atoms with Crippen molar-refractivity contribution in [2.75, 3.05) is 20.7 Å². The number of rotatable bonds is 3. The zero-order valence-electron chi connectivity index (χ0n) is 14.6. The molecule has 1 amide bonds. The van der Waals surface area contributed by atoms with E-state index in [1.165, 1.54) is 0 Å². The summed E-state index contributed by atoms with van der Waals surface area (Å²) in [5.74, 6) is 0.325. The molecule has 6 heteroatoms. The van der Waals surface area contributed by atoms with Crippen LogP contribution in [0.25, 0.3) is 10.9 Å². The molecule has 24 heavy (non-hydrogen) atoms. The Balaban J connectivity index is 1.62. The number of carbonyl (C=O) groups excluding carboxylic acids is 1. The first kappa shape index (κ1) is 15.6. The van der Waals surface area contributed by atoms with Crippen molar-refractivity contribution in [2.24, 2.45) is 13.0 Å². The number of fused-ring (bicyclic) bond motifs is 2. The summed E-state index contributed by atoms with van der Waals surface area (Å²) >= 11 is 0. The van der Waals surface area contributed by atoms with Crippen molar-refractivity contribution in [2.45, 2.75) is 31.5 Å². The number of amides is 1. The second-order valence-electron chi connectivity index (χ2n) is 7.23. The van der Waals surface area contributed by atoms with E-state index in [4.69, 9.17) is 4.74 Å². The van der Waals surface area contributed by atoms with Gasteiger partial charge in [0.1, 0.15) is 0 Å². The Morgan fingerprint density at radius 1 is 1.42 bits per heavy atom. The summed E-state index contributed by atoms with van der Waals surface area (Å²) in [6.07, 6.45) is 1.26. The van der Waals surface area contributed by atoms with Crippen LogP contribution in [0, 0.1) is 12.8 Å². The number of hydrogen-bond donors (Lipinski definition) is 1. The van der Waals surface area contributed by atoms with Gasteiger partial charge >= 0.3 is 0 Å². The molecular weight excluding hydrogens is 304 g/mol. The number of likely N-dealkylation sites (N-methyl/N-ethyl adjacent to an activating group) is 1. The van der Waals surface area contributed by atoms with Crippen LogP contribution in [-0.4, -0.2) is 59.5 Å². The summed E-state index contributed by atoms with van der Waals surface area (Å²) in [5, 5.41) is 8.59. The van der Waals surface area contributed by atoms with Crippen LogP contribution in [0.3, 0.4) is 0 Å². The van der Waals surface area contributed by atoms with Crippen LogP contribution in [0.5, 0.6) is 0 Å². The summed E-state index contributed by atoms with van der Waals surface area (Å²) in [6.45, 7) is 2.82. The van der Waals surface area contributed by atoms with Gasteiger partial charge in [-0.25, -0.2) is 0 Å². The van der Waals surface area contributed by atoms with Gasteiger partial charge in [0.15, 0.2) is 5.69 Å². The van der Waals surface area contributed by atoms with E-state index in [2.05, 4.69) is 15.3 Å². The van der Waals surface area contributed by atoms with Crippen LogP contribution in [-0.2, 0) is 11.8 Å². The largest absolute Gasteiger partial charge is 0.376 e. The Morgan fingerprint density at radius 3 is 2.96 bits per heavy atom. The predicted octanol–water partition coefficient (Wildman–Crippen LogP) is 1.33. The molecule has 2 aromatic rings. The van der Waals surface area contributed by atoms with Gasteiger partial charge in [-0.15, -0.1) is 0 Å². The highest BCUT2D eigenvalue weighted by atomic mass is 16.5. The smallest absolute Gasteiger partial charge is 0.272 e. The number of nitrogens with one attached hydrogen (secondary N) is 1. The van der Waals surface area contributed by atoms with Gasteiger partial charge in [-0.1, -0.05) is 11.6 Å². The maximum atomic E-state index is 12.9. The molecule has 1 saturated carbocycles. The van der Waals surface area contributed by atoms with Crippen LogP contribution < -0.4 is 5.32 Å². The number of nitrogens with zero attached hydrogens (tertiary/aromatic N) is 3. The fraction of sp³-hybridized carbons (Fsp3) is 0.556. The molecule has 1 aromatic carbocycles. The second kappa shape index (κ2) is 5.57. The first-order valence-electron chi connectivity index (χ1n) is 8.49. The van der Waals surface area contributed by atoms with E-state index in [-0.39, 0.29) is 24.1 Å². The van der Waals surface area contributed by atoms with Crippen molar-refractivity contribution in [1.82, 2.24) is 20.0 Å². The fourth-order valence-corrected chi connectivity index (χ4v) is 4.25. The average Bonchev–Trinajstić information content (AvgIpc) is 3.06. The number of ether oxygens (including phenoxy) is 1. The molecule has 128 valence electrons. The third-order valence-corrected chi connectivity index (χ3v) is 5.46. The third-order valence-electron chi connectivity index (χ3n) is 5.46. The summed E-state index contributed by atoms with van der Waals surface area (Å²) < 4.78 is 7.59. The number of carbonyl (C=O) groups is 1. The van der Waals surface area contributed by atoms with E-state index in [0.29, 0.717) is 11.6 Å². The Bertz CT molecular complexity index is 798. The number of aromatic nitrogens is 2. The molecule has 4 atom stereocenters. The van der Waals surface area contributed by atoms with Gasteiger partial charge in [-0.2, -0.15) is 5.10 Å². The maximum absolute atomic E-state index is 12.9. The van der Waals surface area contributed by atoms with Crippen molar-refractivity contribution >= 4 is 16.8 Å². The quantitative estimate of drug-likeness (QED) is 0.923. The highest BCUT2D eigenvalue weighted by Crippen LogP contribution is 2.41. The molecule has 1 aliphatic carbocycles. The second-order valence-corrected chi connectivity index (χ2v) is 7.23. The minimum atomic E-state index is -0.0894. The summed E-state index contributed by atoms with van der Waals surface area (Å²) in [4.78, 5) is 15.0. The number of benzene rings is 1. The summed E-state index contributed by atoms with van der Waals surface area (Å²) in [5.41, 5.74) is 2.62. The van der Waals surface area contributed by atoms with Crippen molar-refractivity contribution in [3.8, 4) is 0 Å². The summed E-state index contributed by atoms with van der Waals surface area (Å²) in [7, 11) is 5.96. The van der Waals surface area contributed by atoms with Crippen molar-refractivity contribution in [3.05, 3.63) is 29.5 Å². The molecule has 1 N–H and O–H groups in total. The molecule has 0 unspecified atom stereocenters. The van der Waals surface area contributed by atoms with Crippen LogP contribution in [0.4, 0.5) is 0 Å². The van der Waals surface area contributed by atoms with E-state index in [1.54, 1.807) is 4.68 Å². The lowest BCUT2D eigenvalue weighted by molar-refractivity contribution is -0.0664. The minimum absolute atomic E-state index is 0.0894. The Labute approximate surface area is 141 Å². The van der Waals surface area contributed by atoms with Gasteiger partial charge in [0.25, 0.3) is 5.91 Å². The lowest BCUT2D eigenvalue weighted by atomic mass is 9.71. The molecule has 0 bridgehead atoms. The van der Waals surface area contributed by atoms with Crippen LogP contribution in [0.2, 0.25) is 0 Å². The molecule has 0 spiro atoms. The predicted molar refractivity (Wildman–Crippen MR) is 92.0 cm³/mol. The van der Waals surface area contributed by atoms with Crippen LogP contribution in [0.15, 0.2) is 18.2 Å². The fourth-order valence-electron chi connectivity index (χ4n) is 4.25. The maximum Gasteiger partial charge on any atom is 0.272 e. The SMILES string of the molecule is Cc1ccc2c(c1)c(C(=O)N[C@H]1[C@H]3CCO[C@H]3[C@@H]1N(C)C)nn2C. The number of hydrogen-bond acceptors (Lipinski definition) is 4. The minimum Gasteiger partial charge on any atom is -0.376 e. The molecule has 4 rings (SSSR count). The molecular formula is C18H24N4O2. The van der Waals surface area contributed by atoms with Gasteiger partial charge in [0.05, 0.1) is 23.7 Å². The lowest BCUT2D eigenvalue weighted by Crippen LogP contribution is -2.69. The van der Waals surface area contributed by atoms with Gasteiger partial charge in [-0.05, 0) is 39.6 Å².